The molecule has 2 aromatic rings. The highest BCUT2D eigenvalue weighted by atomic mass is 16.5. The molecule has 0 bridgehead atoms. The van der Waals surface area contributed by atoms with E-state index in [2.05, 4.69) is 25.3 Å². The monoisotopic (exact) mass is 318 g/mol. The molecule has 0 saturated carbocycles. The second-order valence-electron chi connectivity index (χ2n) is 6.41. The molecule has 0 aliphatic carbocycles. The van der Waals surface area contributed by atoms with Gasteiger partial charge in [0, 0.05) is 17.5 Å². The molecule has 122 valence electrons. The zero-order valence-electron chi connectivity index (χ0n) is 14.4. The quantitative estimate of drug-likeness (QED) is 0.576. The molecule has 1 aliphatic rings. The summed E-state index contributed by atoms with van der Waals surface area (Å²) in [5.41, 5.74) is 2.70. The van der Waals surface area contributed by atoms with E-state index in [0.717, 1.165) is 34.6 Å². The van der Waals surface area contributed by atoms with Crippen LogP contribution in [0.15, 0.2) is 60.7 Å². The standard InChI is InChI=1S/C22H22O2/c1-16(2)22(3)15-18(11-10-17-8-6-5-7-9-17)20-14-19(23-4)12-13-21(20)24-22/h5-9,12-14,18H,1,15H2,2-4H3/t18-,22-/m0/s1. The van der Waals surface area contributed by atoms with Gasteiger partial charge in [-0.05, 0) is 49.8 Å². The molecular formula is C22H22O2. The SMILES string of the molecule is C=C(C)[C@]1(C)C[C@H](C#Cc2ccccc2)c2cc(OC)ccc2O1. The second-order valence-corrected chi connectivity index (χ2v) is 6.41. The van der Waals surface area contributed by atoms with Gasteiger partial charge in [-0.25, -0.2) is 0 Å². The number of fused-ring (bicyclic) bond motifs is 1. The molecular weight excluding hydrogens is 296 g/mol. The predicted octanol–water partition coefficient (Wildman–Crippen LogP) is 4.95. The first-order valence-electron chi connectivity index (χ1n) is 8.11. The smallest absolute Gasteiger partial charge is 0.128 e. The summed E-state index contributed by atoms with van der Waals surface area (Å²) in [5, 5.41) is 0. The molecule has 2 atom stereocenters. The average Bonchev–Trinajstić information content (AvgIpc) is 2.60. The van der Waals surface area contributed by atoms with Gasteiger partial charge >= 0.3 is 0 Å². The zero-order chi connectivity index (χ0) is 17.2. The van der Waals surface area contributed by atoms with Crippen LogP contribution >= 0.6 is 0 Å². The van der Waals surface area contributed by atoms with E-state index in [9.17, 15) is 0 Å². The molecule has 0 N–H and O–H groups in total. The first-order chi connectivity index (χ1) is 11.5. The maximum atomic E-state index is 6.24. The molecule has 0 radical (unpaired) electrons. The molecule has 24 heavy (non-hydrogen) atoms. The highest BCUT2D eigenvalue weighted by molar-refractivity contribution is 5.50. The van der Waals surface area contributed by atoms with Crippen molar-refractivity contribution in [3.8, 4) is 23.3 Å². The fraction of sp³-hybridized carbons (Fsp3) is 0.273. The second kappa shape index (κ2) is 6.45. The summed E-state index contributed by atoms with van der Waals surface area (Å²) in [4.78, 5) is 0. The summed E-state index contributed by atoms with van der Waals surface area (Å²) in [6, 6.07) is 16.0. The van der Waals surface area contributed by atoms with E-state index in [-0.39, 0.29) is 5.92 Å². The normalized spacial score (nSPS) is 21.7. The van der Waals surface area contributed by atoms with Crippen molar-refractivity contribution in [1.82, 2.24) is 0 Å². The maximum absolute atomic E-state index is 6.24. The Labute approximate surface area is 144 Å². The van der Waals surface area contributed by atoms with E-state index < -0.39 is 5.60 Å². The number of benzene rings is 2. The van der Waals surface area contributed by atoms with Crippen LogP contribution in [0.1, 0.15) is 37.3 Å². The summed E-state index contributed by atoms with van der Waals surface area (Å²) in [6.07, 6.45) is 0.780. The molecule has 0 spiro atoms. The molecule has 0 aromatic heterocycles. The summed E-state index contributed by atoms with van der Waals surface area (Å²) in [5.74, 6) is 8.48. The van der Waals surface area contributed by atoms with E-state index >= 15 is 0 Å². The maximum Gasteiger partial charge on any atom is 0.128 e. The Kier molecular flexibility index (Phi) is 4.36. The third kappa shape index (κ3) is 3.16. The lowest BCUT2D eigenvalue weighted by Crippen LogP contribution is -2.38. The molecule has 0 unspecified atom stereocenters. The Morgan fingerprint density at radius 2 is 2.00 bits per heavy atom. The van der Waals surface area contributed by atoms with Gasteiger partial charge in [-0.2, -0.15) is 0 Å². The van der Waals surface area contributed by atoms with Gasteiger partial charge in [0.1, 0.15) is 17.1 Å². The van der Waals surface area contributed by atoms with Gasteiger partial charge in [-0.15, -0.1) is 0 Å². The minimum atomic E-state index is -0.405. The molecule has 1 heterocycles. The Morgan fingerprint density at radius 3 is 2.67 bits per heavy atom. The molecule has 2 heteroatoms. The summed E-state index contributed by atoms with van der Waals surface area (Å²) in [6.45, 7) is 8.21. The topological polar surface area (TPSA) is 18.5 Å². The number of hydrogen-bond acceptors (Lipinski definition) is 2. The van der Waals surface area contributed by atoms with E-state index in [0.29, 0.717) is 0 Å². The Balaban J connectivity index is 2.03. The van der Waals surface area contributed by atoms with Gasteiger partial charge in [0.2, 0.25) is 0 Å². The van der Waals surface area contributed by atoms with Gasteiger partial charge in [-0.1, -0.05) is 36.6 Å². The fourth-order valence-corrected chi connectivity index (χ4v) is 2.88. The molecule has 3 rings (SSSR count). The molecule has 2 nitrogen and oxygen atoms in total. The van der Waals surface area contributed by atoms with Crippen molar-refractivity contribution in [2.45, 2.75) is 31.8 Å². The van der Waals surface area contributed by atoms with Crippen LogP contribution < -0.4 is 9.47 Å². The van der Waals surface area contributed by atoms with Crippen molar-refractivity contribution in [3.63, 3.8) is 0 Å². The van der Waals surface area contributed by atoms with Gasteiger partial charge in [0.25, 0.3) is 0 Å². The van der Waals surface area contributed by atoms with Crippen molar-refractivity contribution in [1.29, 1.82) is 0 Å². The van der Waals surface area contributed by atoms with Crippen LogP contribution in [0.3, 0.4) is 0 Å². The first kappa shape index (κ1) is 16.2. The van der Waals surface area contributed by atoms with Crippen LogP contribution in [0.5, 0.6) is 11.5 Å². The first-order valence-corrected chi connectivity index (χ1v) is 8.11. The number of rotatable bonds is 2. The Hall–Kier alpha value is -2.66. The third-order valence-electron chi connectivity index (χ3n) is 4.59. The van der Waals surface area contributed by atoms with Crippen LogP contribution in [0.25, 0.3) is 0 Å². The van der Waals surface area contributed by atoms with Gasteiger partial charge in [0.15, 0.2) is 0 Å². The molecule has 1 aliphatic heterocycles. The Bertz CT molecular complexity index is 811. The molecule has 0 amide bonds. The molecule has 2 aromatic carbocycles. The third-order valence-corrected chi connectivity index (χ3v) is 4.59. The van der Waals surface area contributed by atoms with Crippen LogP contribution in [-0.4, -0.2) is 12.7 Å². The predicted molar refractivity (Wildman–Crippen MR) is 97.5 cm³/mol. The number of ether oxygens (including phenoxy) is 2. The van der Waals surface area contributed by atoms with Crippen molar-refractivity contribution in [2.75, 3.05) is 7.11 Å². The van der Waals surface area contributed by atoms with Crippen LogP contribution in [0.2, 0.25) is 0 Å². The van der Waals surface area contributed by atoms with E-state index in [4.69, 9.17) is 9.47 Å². The fourth-order valence-electron chi connectivity index (χ4n) is 2.88. The minimum Gasteiger partial charge on any atom is -0.497 e. The van der Waals surface area contributed by atoms with Crippen LogP contribution in [-0.2, 0) is 0 Å². The van der Waals surface area contributed by atoms with Crippen molar-refractivity contribution < 1.29 is 9.47 Å². The molecule has 0 saturated heterocycles. The minimum absolute atomic E-state index is 0.0748. The van der Waals surface area contributed by atoms with Gasteiger partial charge < -0.3 is 9.47 Å². The van der Waals surface area contributed by atoms with Crippen molar-refractivity contribution in [2.24, 2.45) is 0 Å². The summed E-state index contributed by atoms with van der Waals surface area (Å²) in [7, 11) is 1.67. The summed E-state index contributed by atoms with van der Waals surface area (Å²) >= 11 is 0. The van der Waals surface area contributed by atoms with Crippen molar-refractivity contribution >= 4 is 0 Å². The van der Waals surface area contributed by atoms with Gasteiger partial charge in [-0.3, -0.25) is 0 Å². The van der Waals surface area contributed by atoms with Crippen molar-refractivity contribution in [3.05, 3.63) is 71.8 Å². The van der Waals surface area contributed by atoms with E-state index in [1.165, 1.54) is 0 Å². The average molecular weight is 318 g/mol. The van der Waals surface area contributed by atoms with E-state index in [1.54, 1.807) is 7.11 Å². The van der Waals surface area contributed by atoms with E-state index in [1.807, 2.05) is 55.5 Å². The summed E-state index contributed by atoms with van der Waals surface area (Å²) < 4.78 is 11.6. The van der Waals surface area contributed by atoms with Crippen LogP contribution in [0, 0.1) is 11.8 Å². The number of hydrogen-bond donors (Lipinski definition) is 0. The lowest BCUT2D eigenvalue weighted by molar-refractivity contribution is 0.0970. The lowest BCUT2D eigenvalue weighted by Gasteiger charge is -2.39. The largest absolute Gasteiger partial charge is 0.497 e. The Morgan fingerprint density at radius 1 is 1.25 bits per heavy atom. The number of methoxy groups -OCH3 is 1. The van der Waals surface area contributed by atoms with Gasteiger partial charge in [0.05, 0.1) is 13.0 Å². The lowest BCUT2D eigenvalue weighted by atomic mass is 9.80. The zero-order valence-corrected chi connectivity index (χ0v) is 14.4. The highest BCUT2D eigenvalue weighted by Gasteiger charge is 2.37. The highest BCUT2D eigenvalue weighted by Crippen LogP contribution is 2.44. The van der Waals surface area contributed by atoms with Crippen LogP contribution in [0.4, 0.5) is 0 Å². The molecule has 0 fully saturated rings.